The molecule has 0 radical (unpaired) electrons. The molecule has 5 heteroatoms. The predicted octanol–water partition coefficient (Wildman–Crippen LogP) is 4.03. The average molecular weight is 343 g/mol. The van der Waals surface area contributed by atoms with Crippen LogP contribution in [0.15, 0.2) is 72.8 Å². The number of aromatic carboxylic acids is 1. The van der Waals surface area contributed by atoms with Gasteiger partial charge in [-0.2, -0.15) is 0 Å². The molecule has 0 aliphatic rings. The Balaban J connectivity index is 1.87. The van der Waals surface area contributed by atoms with Gasteiger partial charge in [0.1, 0.15) is 5.82 Å². The fourth-order valence-electron chi connectivity index (χ4n) is 3.12. The standard InChI is InChI=1S/C21H17N3O2/c22-17-8-4-6-15(12-17)20-23-18-9-1-2-10-19(18)24(20)13-14-5-3-7-16(11-14)21(25)26/h1-12H,13,22H2,(H,25,26). The van der Waals surface area contributed by atoms with Gasteiger partial charge in [0.15, 0.2) is 0 Å². The average Bonchev–Trinajstić information content (AvgIpc) is 3.01. The Morgan fingerprint density at radius 1 is 1.00 bits per heavy atom. The Labute approximate surface area is 150 Å². The number of benzene rings is 3. The summed E-state index contributed by atoms with van der Waals surface area (Å²) in [4.78, 5) is 16.0. The van der Waals surface area contributed by atoms with Crippen molar-refractivity contribution in [1.82, 2.24) is 9.55 Å². The summed E-state index contributed by atoms with van der Waals surface area (Å²) < 4.78 is 2.09. The highest BCUT2D eigenvalue weighted by molar-refractivity contribution is 5.87. The Kier molecular flexibility index (Phi) is 3.89. The van der Waals surface area contributed by atoms with Crippen LogP contribution in [0.3, 0.4) is 0 Å². The number of anilines is 1. The topological polar surface area (TPSA) is 81.1 Å². The van der Waals surface area contributed by atoms with Crippen LogP contribution in [0.2, 0.25) is 0 Å². The van der Waals surface area contributed by atoms with Crippen LogP contribution in [0.4, 0.5) is 5.69 Å². The largest absolute Gasteiger partial charge is 0.478 e. The number of aromatic nitrogens is 2. The highest BCUT2D eigenvalue weighted by Crippen LogP contribution is 2.27. The fraction of sp³-hybridized carbons (Fsp3) is 0.0476. The SMILES string of the molecule is Nc1cccc(-c2nc3ccccc3n2Cc2cccc(C(=O)O)c2)c1. The van der Waals surface area contributed by atoms with Crippen molar-refractivity contribution in [1.29, 1.82) is 0 Å². The monoisotopic (exact) mass is 343 g/mol. The van der Waals surface area contributed by atoms with Gasteiger partial charge in [-0.1, -0.05) is 36.4 Å². The van der Waals surface area contributed by atoms with E-state index in [9.17, 15) is 9.90 Å². The maximum absolute atomic E-state index is 11.3. The third kappa shape index (κ3) is 2.91. The highest BCUT2D eigenvalue weighted by Gasteiger charge is 2.13. The zero-order valence-corrected chi connectivity index (χ0v) is 14.0. The van der Waals surface area contributed by atoms with Crippen LogP contribution in [0.25, 0.3) is 22.4 Å². The number of hydrogen-bond acceptors (Lipinski definition) is 3. The van der Waals surface area contributed by atoms with Crippen LogP contribution >= 0.6 is 0 Å². The molecule has 0 saturated carbocycles. The minimum Gasteiger partial charge on any atom is -0.478 e. The van der Waals surface area contributed by atoms with E-state index in [4.69, 9.17) is 10.7 Å². The first kappa shape index (κ1) is 15.9. The summed E-state index contributed by atoms with van der Waals surface area (Å²) in [5.41, 5.74) is 10.6. The number of hydrogen-bond donors (Lipinski definition) is 2. The zero-order chi connectivity index (χ0) is 18.1. The minimum atomic E-state index is -0.932. The summed E-state index contributed by atoms with van der Waals surface area (Å²) in [6.45, 7) is 0.520. The summed E-state index contributed by atoms with van der Waals surface area (Å²) in [6, 6.07) is 22.5. The van der Waals surface area contributed by atoms with Gasteiger partial charge in [0.05, 0.1) is 16.6 Å². The minimum absolute atomic E-state index is 0.275. The maximum Gasteiger partial charge on any atom is 0.335 e. The molecule has 0 spiro atoms. The van der Waals surface area contributed by atoms with Gasteiger partial charge in [-0.05, 0) is 42.0 Å². The zero-order valence-electron chi connectivity index (χ0n) is 14.0. The van der Waals surface area contributed by atoms with Crippen molar-refractivity contribution >= 4 is 22.7 Å². The smallest absolute Gasteiger partial charge is 0.335 e. The highest BCUT2D eigenvalue weighted by atomic mass is 16.4. The third-order valence-corrected chi connectivity index (χ3v) is 4.31. The van der Waals surface area contributed by atoms with Crippen LogP contribution in [0.1, 0.15) is 15.9 Å². The lowest BCUT2D eigenvalue weighted by Gasteiger charge is -2.11. The number of nitrogens with zero attached hydrogens (tertiary/aromatic N) is 2. The lowest BCUT2D eigenvalue weighted by atomic mass is 10.1. The first-order valence-corrected chi connectivity index (χ1v) is 8.25. The van der Waals surface area contributed by atoms with Gasteiger partial charge >= 0.3 is 5.97 Å². The van der Waals surface area contributed by atoms with Crippen molar-refractivity contribution in [2.75, 3.05) is 5.73 Å². The second-order valence-electron chi connectivity index (χ2n) is 6.14. The van der Waals surface area contributed by atoms with Crippen LogP contribution < -0.4 is 5.73 Å². The first-order valence-electron chi connectivity index (χ1n) is 8.25. The summed E-state index contributed by atoms with van der Waals surface area (Å²) in [5, 5.41) is 9.24. The van der Waals surface area contributed by atoms with E-state index in [2.05, 4.69) is 4.57 Å². The normalized spacial score (nSPS) is 10.9. The number of nitrogens with two attached hydrogens (primary N) is 1. The van der Waals surface area contributed by atoms with E-state index >= 15 is 0 Å². The van der Waals surface area contributed by atoms with Crippen molar-refractivity contribution in [2.45, 2.75) is 6.54 Å². The number of nitrogen functional groups attached to an aromatic ring is 1. The second-order valence-corrected chi connectivity index (χ2v) is 6.14. The van der Waals surface area contributed by atoms with E-state index in [1.807, 2.05) is 54.6 Å². The molecule has 3 aromatic carbocycles. The van der Waals surface area contributed by atoms with Gasteiger partial charge < -0.3 is 15.4 Å². The van der Waals surface area contributed by atoms with Gasteiger partial charge in [-0.3, -0.25) is 0 Å². The molecule has 0 aliphatic heterocycles. The summed E-state index contributed by atoms with van der Waals surface area (Å²) >= 11 is 0. The first-order chi connectivity index (χ1) is 12.6. The van der Waals surface area contributed by atoms with E-state index in [0.29, 0.717) is 12.2 Å². The number of carbonyl (C=O) groups is 1. The van der Waals surface area contributed by atoms with Crippen molar-refractivity contribution in [3.63, 3.8) is 0 Å². The predicted molar refractivity (Wildman–Crippen MR) is 102 cm³/mol. The van der Waals surface area contributed by atoms with Crippen molar-refractivity contribution in [3.05, 3.63) is 83.9 Å². The van der Waals surface area contributed by atoms with Gasteiger partial charge in [0.25, 0.3) is 0 Å². The quantitative estimate of drug-likeness (QED) is 0.548. The molecular weight excluding hydrogens is 326 g/mol. The van der Waals surface area contributed by atoms with E-state index in [1.54, 1.807) is 18.2 Å². The second kappa shape index (κ2) is 6.37. The van der Waals surface area contributed by atoms with Gasteiger partial charge in [-0.15, -0.1) is 0 Å². The lowest BCUT2D eigenvalue weighted by molar-refractivity contribution is 0.0696. The third-order valence-electron chi connectivity index (χ3n) is 4.31. The number of para-hydroxylation sites is 2. The Hall–Kier alpha value is -3.60. The molecule has 0 amide bonds. The summed E-state index contributed by atoms with van der Waals surface area (Å²) in [7, 11) is 0. The van der Waals surface area contributed by atoms with Crippen molar-refractivity contribution in [3.8, 4) is 11.4 Å². The molecule has 26 heavy (non-hydrogen) atoms. The molecule has 128 valence electrons. The molecule has 0 bridgehead atoms. The number of imidazole rings is 1. The molecular formula is C21H17N3O2. The number of rotatable bonds is 4. The van der Waals surface area contributed by atoms with E-state index in [0.717, 1.165) is 28.0 Å². The molecule has 1 heterocycles. The molecule has 1 aromatic heterocycles. The van der Waals surface area contributed by atoms with E-state index in [1.165, 1.54) is 0 Å². The van der Waals surface area contributed by atoms with Crippen LogP contribution in [-0.2, 0) is 6.54 Å². The molecule has 3 N–H and O–H groups in total. The number of carboxylic acid groups (broad SMARTS) is 1. The number of carboxylic acids is 1. The van der Waals surface area contributed by atoms with Crippen LogP contribution in [0.5, 0.6) is 0 Å². The Morgan fingerprint density at radius 2 is 1.81 bits per heavy atom. The molecule has 0 atom stereocenters. The molecule has 5 nitrogen and oxygen atoms in total. The van der Waals surface area contributed by atoms with Gasteiger partial charge in [-0.25, -0.2) is 9.78 Å². The van der Waals surface area contributed by atoms with Crippen molar-refractivity contribution < 1.29 is 9.90 Å². The molecule has 0 saturated heterocycles. The van der Waals surface area contributed by atoms with Gasteiger partial charge in [0.2, 0.25) is 0 Å². The van der Waals surface area contributed by atoms with Gasteiger partial charge in [0, 0.05) is 17.8 Å². The fourth-order valence-corrected chi connectivity index (χ4v) is 3.12. The van der Waals surface area contributed by atoms with E-state index in [-0.39, 0.29) is 5.56 Å². The van der Waals surface area contributed by atoms with Crippen LogP contribution in [-0.4, -0.2) is 20.6 Å². The molecule has 4 aromatic rings. The van der Waals surface area contributed by atoms with Crippen molar-refractivity contribution in [2.24, 2.45) is 0 Å². The molecule has 4 rings (SSSR count). The summed E-state index contributed by atoms with van der Waals surface area (Å²) in [5.74, 6) is -0.127. The molecule has 0 fully saturated rings. The summed E-state index contributed by atoms with van der Waals surface area (Å²) in [6.07, 6.45) is 0. The molecule has 0 aliphatic carbocycles. The molecule has 0 unspecified atom stereocenters. The lowest BCUT2D eigenvalue weighted by Crippen LogP contribution is -2.04. The van der Waals surface area contributed by atoms with Crippen LogP contribution in [0, 0.1) is 0 Å². The maximum atomic E-state index is 11.3. The Morgan fingerprint density at radius 3 is 2.62 bits per heavy atom. The van der Waals surface area contributed by atoms with E-state index < -0.39 is 5.97 Å². The number of fused-ring (bicyclic) bond motifs is 1. The Bertz CT molecular complexity index is 1120.